The number of rotatable bonds is 6. The van der Waals surface area contributed by atoms with Gasteiger partial charge >= 0.3 is 5.97 Å². The normalized spacial score (nSPS) is 26.4. The SMILES string of the molecule is CCOC(=O)CCC(=O)CN1C(=O)C2C(C1=O)C2(C)C. The molecule has 2 aliphatic rings. The van der Waals surface area contributed by atoms with Crippen molar-refractivity contribution >= 4 is 23.6 Å². The lowest BCUT2D eigenvalue weighted by Gasteiger charge is -2.19. The number of amides is 2. The van der Waals surface area contributed by atoms with Gasteiger partial charge < -0.3 is 4.74 Å². The van der Waals surface area contributed by atoms with Crippen molar-refractivity contribution in [3.63, 3.8) is 0 Å². The Labute approximate surface area is 117 Å². The van der Waals surface area contributed by atoms with E-state index in [9.17, 15) is 19.2 Å². The average molecular weight is 281 g/mol. The van der Waals surface area contributed by atoms with Gasteiger partial charge in [0.2, 0.25) is 11.8 Å². The first kappa shape index (κ1) is 14.7. The molecule has 2 unspecified atom stereocenters. The van der Waals surface area contributed by atoms with Crippen molar-refractivity contribution in [3.05, 3.63) is 0 Å². The predicted molar refractivity (Wildman–Crippen MR) is 68.4 cm³/mol. The number of esters is 1. The smallest absolute Gasteiger partial charge is 0.306 e. The zero-order chi connectivity index (χ0) is 15.1. The van der Waals surface area contributed by atoms with Crippen LogP contribution in [-0.2, 0) is 23.9 Å². The number of fused-ring (bicyclic) bond motifs is 1. The number of piperidine rings is 1. The summed E-state index contributed by atoms with van der Waals surface area (Å²) in [5.41, 5.74) is -0.265. The Morgan fingerprint density at radius 2 is 1.70 bits per heavy atom. The van der Waals surface area contributed by atoms with Crippen LogP contribution in [0.15, 0.2) is 0 Å². The molecule has 0 aromatic heterocycles. The summed E-state index contributed by atoms with van der Waals surface area (Å²) in [6.45, 7) is 5.51. The summed E-state index contributed by atoms with van der Waals surface area (Å²) in [4.78, 5) is 47.9. The van der Waals surface area contributed by atoms with Gasteiger partial charge in [0.1, 0.15) is 0 Å². The van der Waals surface area contributed by atoms with E-state index in [0.29, 0.717) is 0 Å². The molecule has 0 spiro atoms. The van der Waals surface area contributed by atoms with Crippen LogP contribution in [0.4, 0.5) is 0 Å². The van der Waals surface area contributed by atoms with Crippen LogP contribution in [0, 0.1) is 17.3 Å². The minimum absolute atomic E-state index is 0.00534. The van der Waals surface area contributed by atoms with E-state index in [0.717, 1.165) is 4.90 Å². The van der Waals surface area contributed by atoms with Crippen LogP contribution in [0.1, 0.15) is 33.6 Å². The van der Waals surface area contributed by atoms with E-state index in [1.54, 1.807) is 6.92 Å². The second kappa shape index (κ2) is 5.00. The maximum absolute atomic E-state index is 12.0. The molecule has 2 amide bonds. The van der Waals surface area contributed by atoms with Gasteiger partial charge in [-0.1, -0.05) is 13.8 Å². The van der Waals surface area contributed by atoms with Crippen molar-refractivity contribution < 1.29 is 23.9 Å². The lowest BCUT2D eigenvalue weighted by molar-refractivity contribution is -0.146. The third-order valence-corrected chi connectivity index (χ3v) is 4.14. The van der Waals surface area contributed by atoms with Crippen LogP contribution >= 0.6 is 0 Å². The van der Waals surface area contributed by atoms with E-state index < -0.39 is 5.97 Å². The van der Waals surface area contributed by atoms with Crippen LogP contribution in [0.3, 0.4) is 0 Å². The Bertz CT molecular complexity index is 458. The van der Waals surface area contributed by atoms with E-state index in [1.165, 1.54) is 0 Å². The zero-order valence-corrected chi connectivity index (χ0v) is 12.0. The summed E-state index contributed by atoms with van der Waals surface area (Å²) in [5.74, 6) is -1.78. The summed E-state index contributed by atoms with van der Waals surface area (Å²) in [7, 11) is 0. The fourth-order valence-electron chi connectivity index (χ4n) is 2.89. The lowest BCUT2D eigenvalue weighted by Crippen LogP contribution is -2.39. The summed E-state index contributed by atoms with van der Waals surface area (Å²) in [6.07, 6.45) is -0.0180. The molecule has 20 heavy (non-hydrogen) atoms. The highest BCUT2D eigenvalue weighted by Gasteiger charge is 2.72. The molecule has 110 valence electrons. The fraction of sp³-hybridized carbons (Fsp3) is 0.714. The van der Waals surface area contributed by atoms with Gasteiger partial charge in [-0.25, -0.2) is 0 Å². The molecule has 2 atom stereocenters. The molecule has 0 radical (unpaired) electrons. The van der Waals surface area contributed by atoms with Crippen molar-refractivity contribution in [2.45, 2.75) is 33.6 Å². The third kappa shape index (κ3) is 2.34. The first-order chi connectivity index (χ1) is 9.30. The highest BCUT2D eigenvalue weighted by molar-refractivity contribution is 6.12. The first-order valence-corrected chi connectivity index (χ1v) is 6.83. The number of ether oxygens (including phenoxy) is 1. The monoisotopic (exact) mass is 281 g/mol. The molecular weight excluding hydrogens is 262 g/mol. The standard InChI is InChI=1S/C14H19NO5/c1-4-20-9(17)6-5-8(16)7-15-12(18)10-11(13(15)19)14(10,2)3/h10-11H,4-7H2,1-3H3. The average Bonchev–Trinajstić information content (AvgIpc) is 2.84. The van der Waals surface area contributed by atoms with Crippen molar-refractivity contribution in [2.75, 3.05) is 13.2 Å². The predicted octanol–water partition coefficient (Wildman–Crippen LogP) is 0.540. The molecule has 0 aromatic rings. The highest BCUT2D eigenvalue weighted by atomic mass is 16.5. The van der Waals surface area contributed by atoms with E-state index in [1.807, 2.05) is 13.8 Å². The van der Waals surface area contributed by atoms with Gasteiger partial charge in [-0.2, -0.15) is 0 Å². The second-order valence-corrected chi connectivity index (χ2v) is 5.88. The number of likely N-dealkylation sites (tertiary alicyclic amines) is 1. The molecule has 0 aromatic carbocycles. The van der Waals surface area contributed by atoms with Crippen molar-refractivity contribution in [2.24, 2.45) is 17.3 Å². The zero-order valence-electron chi connectivity index (χ0n) is 12.0. The number of hydrogen-bond acceptors (Lipinski definition) is 5. The van der Waals surface area contributed by atoms with Gasteiger partial charge in [-0.15, -0.1) is 0 Å². The molecular formula is C14H19NO5. The Morgan fingerprint density at radius 3 is 2.20 bits per heavy atom. The Balaban J connectivity index is 1.83. The van der Waals surface area contributed by atoms with Gasteiger partial charge in [-0.05, 0) is 12.3 Å². The summed E-state index contributed by atoms with van der Waals surface area (Å²) >= 11 is 0. The van der Waals surface area contributed by atoms with Gasteiger partial charge in [0, 0.05) is 6.42 Å². The summed E-state index contributed by atoms with van der Waals surface area (Å²) in [6, 6.07) is 0. The third-order valence-electron chi connectivity index (χ3n) is 4.14. The van der Waals surface area contributed by atoms with E-state index in [2.05, 4.69) is 0 Å². The number of carbonyl (C=O) groups excluding carboxylic acids is 4. The Hall–Kier alpha value is -1.72. The van der Waals surface area contributed by atoms with Crippen LogP contribution in [0.25, 0.3) is 0 Å². The summed E-state index contributed by atoms with van der Waals surface area (Å²) < 4.78 is 4.72. The fourth-order valence-corrected chi connectivity index (χ4v) is 2.89. The van der Waals surface area contributed by atoms with Gasteiger partial charge in [0.15, 0.2) is 5.78 Å². The van der Waals surface area contributed by atoms with Crippen molar-refractivity contribution in [1.82, 2.24) is 4.90 Å². The molecule has 2 fully saturated rings. The molecule has 6 heteroatoms. The van der Waals surface area contributed by atoms with Gasteiger partial charge in [-0.3, -0.25) is 24.1 Å². The molecule has 1 aliphatic heterocycles. The van der Waals surface area contributed by atoms with E-state index in [-0.39, 0.29) is 60.8 Å². The summed E-state index contributed by atoms with van der Waals surface area (Å²) in [5, 5.41) is 0. The number of nitrogens with zero attached hydrogens (tertiary/aromatic N) is 1. The molecule has 6 nitrogen and oxygen atoms in total. The maximum Gasteiger partial charge on any atom is 0.306 e. The Morgan fingerprint density at radius 1 is 1.15 bits per heavy atom. The number of Topliss-reactive ketones (excluding diaryl/α,β-unsaturated/α-hetero) is 1. The molecule has 1 heterocycles. The molecule has 2 rings (SSSR count). The Kier molecular flexibility index (Phi) is 3.67. The highest BCUT2D eigenvalue weighted by Crippen LogP contribution is 2.63. The van der Waals surface area contributed by atoms with Crippen molar-refractivity contribution in [1.29, 1.82) is 0 Å². The van der Waals surface area contributed by atoms with Crippen molar-refractivity contribution in [3.8, 4) is 0 Å². The minimum Gasteiger partial charge on any atom is -0.466 e. The second-order valence-electron chi connectivity index (χ2n) is 5.88. The van der Waals surface area contributed by atoms with Crippen LogP contribution < -0.4 is 0 Å². The van der Waals surface area contributed by atoms with E-state index >= 15 is 0 Å². The lowest BCUT2D eigenvalue weighted by atomic mass is 10.1. The molecule has 1 aliphatic carbocycles. The minimum atomic E-state index is -0.441. The number of imide groups is 1. The topological polar surface area (TPSA) is 80.8 Å². The number of ketones is 1. The largest absolute Gasteiger partial charge is 0.466 e. The van der Waals surface area contributed by atoms with Gasteiger partial charge in [0.25, 0.3) is 0 Å². The molecule has 1 saturated carbocycles. The van der Waals surface area contributed by atoms with Crippen LogP contribution in [0.5, 0.6) is 0 Å². The molecule has 0 bridgehead atoms. The molecule has 1 saturated heterocycles. The maximum atomic E-state index is 12.0. The first-order valence-electron chi connectivity index (χ1n) is 6.83. The van der Waals surface area contributed by atoms with E-state index in [4.69, 9.17) is 4.74 Å². The quantitative estimate of drug-likeness (QED) is 0.524. The number of hydrogen-bond donors (Lipinski definition) is 0. The van der Waals surface area contributed by atoms with Crippen LogP contribution in [0.2, 0.25) is 0 Å². The van der Waals surface area contributed by atoms with Crippen LogP contribution in [-0.4, -0.2) is 41.6 Å². The molecule has 0 N–H and O–H groups in total. The van der Waals surface area contributed by atoms with Gasteiger partial charge in [0.05, 0.1) is 31.4 Å². The number of carbonyl (C=O) groups is 4.